The van der Waals surface area contributed by atoms with Crippen molar-refractivity contribution in [3.8, 4) is 0 Å². The lowest BCUT2D eigenvalue weighted by atomic mass is 10.1. The summed E-state index contributed by atoms with van der Waals surface area (Å²) in [5.41, 5.74) is 6.41. The Morgan fingerprint density at radius 3 is 2.44 bits per heavy atom. The lowest BCUT2D eigenvalue weighted by molar-refractivity contribution is 0.463. The summed E-state index contributed by atoms with van der Waals surface area (Å²) in [5.74, 6) is -0.298. The fraction of sp³-hybridized carbons (Fsp3) is 0.500. The smallest absolute Gasteiger partial charge is 0.218 e. The van der Waals surface area contributed by atoms with Crippen molar-refractivity contribution in [2.75, 3.05) is 13.1 Å². The van der Waals surface area contributed by atoms with E-state index in [1.54, 1.807) is 0 Å². The van der Waals surface area contributed by atoms with Crippen LogP contribution in [-0.2, 0) is 15.8 Å². The van der Waals surface area contributed by atoms with Crippen LogP contribution in [0.4, 0.5) is 4.39 Å². The Balaban J connectivity index is 2.10. The predicted molar refractivity (Wildman–Crippen MR) is 67.7 cm³/mol. The molecule has 1 heterocycles. The second-order valence-electron chi connectivity index (χ2n) is 4.84. The molecule has 1 fully saturated rings. The summed E-state index contributed by atoms with van der Waals surface area (Å²) < 4.78 is 38.5. The van der Waals surface area contributed by atoms with Crippen molar-refractivity contribution in [2.45, 2.75) is 18.7 Å². The Labute approximate surface area is 107 Å². The van der Waals surface area contributed by atoms with Crippen LogP contribution in [0.2, 0.25) is 0 Å². The zero-order valence-electron chi connectivity index (χ0n) is 10.2. The quantitative estimate of drug-likeness (QED) is 0.890. The fourth-order valence-corrected chi connectivity index (χ4v) is 3.71. The van der Waals surface area contributed by atoms with E-state index in [1.165, 1.54) is 28.6 Å². The summed E-state index contributed by atoms with van der Waals surface area (Å²) in [7, 11) is -3.36. The molecule has 1 aliphatic heterocycles. The molecule has 0 spiro atoms. The Morgan fingerprint density at radius 2 is 1.94 bits per heavy atom. The van der Waals surface area contributed by atoms with Crippen LogP contribution in [0.3, 0.4) is 0 Å². The van der Waals surface area contributed by atoms with Crippen molar-refractivity contribution < 1.29 is 12.8 Å². The highest BCUT2D eigenvalue weighted by molar-refractivity contribution is 7.88. The second kappa shape index (κ2) is 4.95. The van der Waals surface area contributed by atoms with Crippen LogP contribution in [-0.4, -0.2) is 31.9 Å². The lowest BCUT2D eigenvalue weighted by Crippen LogP contribution is -2.33. The van der Waals surface area contributed by atoms with Crippen LogP contribution in [0.1, 0.15) is 12.5 Å². The maximum absolute atomic E-state index is 12.7. The van der Waals surface area contributed by atoms with Crippen LogP contribution < -0.4 is 5.73 Å². The number of sulfonamides is 1. The number of nitrogens with two attached hydrogens (primary N) is 1. The molecule has 0 aliphatic carbocycles. The Bertz CT molecular complexity index is 505. The molecule has 2 atom stereocenters. The fourth-order valence-electron chi connectivity index (χ4n) is 2.06. The molecule has 1 saturated heterocycles. The second-order valence-corrected chi connectivity index (χ2v) is 6.81. The van der Waals surface area contributed by atoms with Crippen LogP contribution in [0.15, 0.2) is 24.3 Å². The van der Waals surface area contributed by atoms with Gasteiger partial charge in [-0.2, -0.15) is 4.31 Å². The van der Waals surface area contributed by atoms with Gasteiger partial charge < -0.3 is 5.73 Å². The van der Waals surface area contributed by atoms with E-state index in [-0.39, 0.29) is 23.5 Å². The Hall–Kier alpha value is -0.980. The largest absolute Gasteiger partial charge is 0.326 e. The van der Waals surface area contributed by atoms with Gasteiger partial charge in [0.05, 0.1) is 5.75 Å². The molecule has 0 aromatic heterocycles. The van der Waals surface area contributed by atoms with Gasteiger partial charge in [-0.25, -0.2) is 12.8 Å². The van der Waals surface area contributed by atoms with Gasteiger partial charge in [0.1, 0.15) is 5.82 Å². The minimum atomic E-state index is -3.36. The van der Waals surface area contributed by atoms with E-state index in [0.717, 1.165) is 0 Å². The maximum atomic E-state index is 12.7. The zero-order chi connectivity index (χ0) is 13.3. The third kappa shape index (κ3) is 2.88. The minimum absolute atomic E-state index is 0.104. The molecule has 0 bridgehead atoms. The van der Waals surface area contributed by atoms with Gasteiger partial charge >= 0.3 is 0 Å². The molecule has 0 radical (unpaired) electrons. The number of halogens is 1. The molecular weight excluding hydrogens is 255 g/mol. The van der Waals surface area contributed by atoms with Crippen molar-refractivity contribution in [1.82, 2.24) is 4.31 Å². The predicted octanol–water partition coefficient (Wildman–Crippen LogP) is 0.935. The molecule has 0 saturated carbocycles. The van der Waals surface area contributed by atoms with E-state index < -0.39 is 10.0 Å². The van der Waals surface area contributed by atoms with Gasteiger partial charge in [0.2, 0.25) is 10.0 Å². The third-order valence-corrected chi connectivity index (χ3v) is 5.08. The van der Waals surface area contributed by atoms with Crippen LogP contribution in [0.25, 0.3) is 0 Å². The van der Waals surface area contributed by atoms with Crippen LogP contribution >= 0.6 is 0 Å². The molecule has 2 rings (SSSR count). The standard InChI is InChI=1S/C12H17FN2O2S/c1-9-6-15(7-12(9)14)18(16,17)8-10-2-4-11(13)5-3-10/h2-5,9,12H,6-8,14H2,1H3. The first-order chi connectivity index (χ1) is 8.38. The number of rotatable bonds is 3. The molecule has 1 aromatic rings. The van der Waals surface area contributed by atoms with Gasteiger partial charge in [-0.15, -0.1) is 0 Å². The van der Waals surface area contributed by atoms with Crippen molar-refractivity contribution in [2.24, 2.45) is 11.7 Å². The van der Waals surface area contributed by atoms with E-state index in [9.17, 15) is 12.8 Å². The first-order valence-corrected chi connectivity index (χ1v) is 7.47. The summed E-state index contributed by atoms with van der Waals surface area (Å²) >= 11 is 0. The average Bonchev–Trinajstić information content (AvgIpc) is 2.63. The van der Waals surface area contributed by atoms with Crippen molar-refractivity contribution >= 4 is 10.0 Å². The average molecular weight is 272 g/mol. The van der Waals surface area contributed by atoms with E-state index in [2.05, 4.69) is 0 Å². The van der Waals surface area contributed by atoms with Gasteiger partial charge in [-0.05, 0) is 23.6 Å². The maximum Gasteiger partial charge on any atom is 0.218 e. The monoisotopic (exact) mass is 272 g/mol. The molecule has 6 heteroatoms. The highest BCUT2D eigenvalue weighted by atomic mass is 32.2. The molecule has 100 valence electrons. The first kappa shape index (κ1) is 13.5. The normalized spacial score (nSPS) is 25.5. The summed E-state index contributed by atoms with van der Waals surface area (Å²) in [5, 5.41) is 0. The van der Waals surface area contributed by atoms with Crippen LogP contribution in [0, 0.1) is 11.7 Å². The minimum Gasteiger partial charge on any atom is -0.326 e. The summed E-state index contributed by atoms with van der Waals surface area (Å²) in [6.45, 7) is 2.77. The van der Waals surface area contributed by atoms with Crippen molar-refractivity contribution in [3.05, 3.63) is 35.6 Å². The molecule has 1 aromatic carbocycles. The first-order valence-electron chi connectivity index (χ1n) is 5.86. The summed E-state index contributed by atoms with van der Waals surface area (Å²) in [6, 6.07) is 5.42. The van der Waals surface area contributed by atoms with Crippen molar-refractivity contribution in [3.63, 3.8) is 0 Å². The third-order valence-electron chi connectivity index (χ3n) is 3.29. The number of hydrogen-bond donors (Lipinski definition) is 1. The van der Waals surface area contributed by atoms with Gasteiger partial charge in [0, 0.05) is 19.1 Å². The Morgan fingerprint density at radius 1 is 1.33 bits per heavy atom. The molecule has 2 unspecified atom stereocenters. The van der Waals surface area contributed by atoms with Gasteiger partial charge in [0.15, 0.2) is 0 Å². The topological polar surface area (TPSA) is 63.4 Å². The van der Waals surface area contributed by atoms with Gasteiger partial charge in [-0.3, -0.25) is 0 Å². The van der Waals surface area contributed by atoms with E-state index >= 15 is 0 Å². The van der Waals surface area contributed by atoms with Gasteiger partial charge in [-0.1, -0.05) is 19.1 Å². The SMILES string of the molecule is CC1CN(S(=O)(=O)Cc2ccc(F)cc2)CC1N. The highest BCUT2D eigenvalue weighted by Gasteiger charge is 2.34. The van der Waals surface area contributed by atoms with E-state index in [1.807, 2.05) is 6.92 Å². The molecule has 4 nitrogen and oxygen atoms in total. The van der Waals surface area contributed by atoms with Crippen molar-refractivity contribution in [1.29, 1.82) is 0 Å². The zero-order valence-corrected chi connectivity index (χ0v) is 11.0. The summed E-state index contributed by atoms with van der Waals surface area (Å²) in [6.07, 6.45) is 0. The van der Waals surface area contributed by atoms with Gasteiger partial charge in [0.25, 0.3) is 0 Å². The Kier molecular flexibility index (Phi) is 3.70. The molecular formula is C12H17FN2O2S. The number of nitrogens with zero attached hydrogens (tertiary/aromatic N) is 1. The molecule has 1 aliphatic rings. The van der Waals surface area contributed by atoms with E-state index in [0.29, 0.717) is 18.7 Å². The van der Waals surface area contributed by atoms with E-state index in [4.69, 9.17) is 5.73 Å². The molecule has 0 amide bonds. The summed E-state index contributed by atoms with van der Waals surface area (Å²) in [4.78, 5) is 0. The lowest BCUT2D eigenvalue weighted by Gasteiger charge is -2.15. The number of hydrogen-bond acceptors (Lipinski definition) is 3. The molecule has 2 N–H and O–H groups in total. The van der Waals surface area contributed by atoms with Crippen LogP contribution in [0.5, 0.6) is 0 Å². The highest BCUT2D eigenvalue weighted by Crippen LogP contribution is 2.20. The molecule has 18 heavy (non-hydrogen) atoms. The number of benzene rings is 1.